The Hall–Kier alpha value is -2.60. The fourth-order valence-electron chi connectivity index (χ4n) is 2.01. The van der Waals surface area contributed by atoms with Crippen LogP contribution in [0.2, 0.25) is 0 Å². The van der Waals surface area contributed by atoms with Crippen molar-refractivity contribution >= 4 is 5.97 Å². The molecule has 0 bridgehead atoms. The average Bonchev–Trinajstić information content (AvgIpc) is 2.38. The van der Waals surface area contributed by atoms with Crippen LogP contribution in [-0.4, -0.2) is 11.1 Å². The number of benzene rings is 2. The summed E-state index contributed by atoms with van der Waals surface area (Å²) in [6, 6.07) is 14.8. The highest BCUT2D eigenvalue weighted by atomic mass is 16.4. The molecule has 0 spiro atoms. The highest BCUT2D eigenvalue weighted by molar-refractivity contribution is 5.94. The summed E-state index contributed by atoms with van der Waals surface area (Å²) < 4.78 is 0. The number of carboxylic acid groups (broad SMARTS) is 1. The van der Waals surface area contributed by atoms with E-state index < -0.39 is 5.97 Å². The number of aromatic carboxylic acids is 1. The normalized spacial score (nSPS) is 9.78. The Kier molecular flexibility index (Phi) is 3.11. The van der Waals surface area contributed by atoms with Crippen molar-refractivity contribution in [3.63, 3.8) is 0 Å². The average molecular weight is 237 g/mol. The van der Waals surface area contributed by atoms with Gasteiger partial charge in [-0.05, 0) is 29.7 Å². The molecule has 0 unspecified atom stereocenters. The lowest BCUT2D eigenvalue weighted by atomic mass is 9.93. The van der Waals surface area contributed by atoms with Crippen LogP contribution < -0.4 is 0 Å². The van der Waals surface area contributed by atoms with E-state index in [1.54, 1.807) is 19.1 Å². The molecular formula is C15H11NO2. The van der Waals surface area contributed by atoms with Gasteiger partial charge in [-0.15, -0.1) is 0 Å². The van der Waals surface area contributed by atoms with Gasteiger partial charge >= 0.3 is 5.97 Å². The first-order valence-electron chi connectivity index (χ1n) is 5.47. The summed E-state index contributed by atoms with van der Waals surface area (Å²) in [5.41, 5.74) is 2.68. The van der Waals surface area contributed by atoms with E-state index in [9.17, 15) is 9.90 Å². The molecular weight excluding hydrogens is 226 g/mol. The van der Waals surface area contributed by atoms with Gasteiger partial charge in [0.2, 0.25) is 0 Å². The van der Waals surface area contributed by atoms with Crippen LogP contribution in [0.15, 0.2) is 42.5 Å². The lowest BCUT2D eigenvalue weighted by Crippen LogP contribution is -2.04. The van der Waals surface area contributed by atoms with Crippen molar-refractivity contribution in [3.8, 4) is 17.2 Å². The molecule has 0 saturated carbocycles. The van der Waals surface area contributed by atoms with E-state index in [1.165, 1.54) is 0 Å². The van der Waals surface area contributed by atoms with Crippen LogP contribution >= 0.6 is 0 Å². The first kappa shape index (κ1) is 11.9. The molecule has 0 saturated heterocycles. The molecule has 0 heterocycles. The zero-order valence-corrected chi connectivity index (χ0v) is 9.84. The van der Waals surface area contributed by atoms with Crippen molar-refractivity contribution in [1.82, 2.24) is 0 Å². The Labute approximate surface area is 105 Å². The van der Waals surface area contributed by atoms with Gasteiger partial charge in [-0.2, -0.15) is 5.26 Å². The first-order chi connectivity index (χ1) is 8.65. The minimum absolute atomic E-state index is 0.0823. The number of nitrogens with zero attached hydrogens (tertiary/aromatic N) is 1. The van der Waals surface area contributed by atoms with Crippen LogP contribution in [0, 0.1) is 18.3 Å². The lowest BCUT2D eigenvalue weighted by molar-refractivity contribution is 0.0696. The van der Waals surface area contributed by atoms with E-state index in [4.69, 9.17) is 5.26 Å². The van der Waals surface area contributed by atoms with Gasteiger partial charge in [0.25, 0.3) is 0 Å². The Morgan fingerprint density at radius 2 is 1.83 bits per heavy atom. The summed E-state index contributed by atoms with van der Waals surface area (Å²) in [6.07, 6.45) is 0. The number of rotatable bonds is 2. The van der Waals surface area contributed by atoms with Gasteiger partial charge < -0.3 is 5.11 Å². The van der Waals surface area contributed by atoms with Gasteiger partial charge in [-0.25, -0.2) is 4.79 Å². The van der Waals surface area contributed by atoms with Gasteiger partial charge in [0.1, 0.15) is 6.07 Å². The fraction of sp³-hybridized carbons (Fsp3) is 0.0667. The van der Waals surface area contributed by atoms with E-state index in [0.717, 1.165) is 11.1 Å². The number of carbonyl (C=O) groups is 1. The van der Waals surface area contributed by atoms with Crippen molar-refractivity contribution in [2.24, 2.45) is 0 Å². The molecule has 0 radical (unpaired) electrons. The minimum atomic E-state index is -1.07. The predicted molar refractivity (Wildman–Crippen MR) is 68.3 cm³/mol. The molecule has 3 nitrogen and oxygen atoms in total. The zero-order valence-electron chi connectivity index (χ0n) is 9.84. The molecule has 0 aromatic heterocycles. The number of hydrogen-bond donors (Lipinski definition) is 1. The topological polar surface area (TPSA) is 61.1 Å². The third-order valence-electron chi connectivity index (χ3n) is 2.88. The fourth-order valence-corrected chi connectivity index (χ4v) is 2.01. The molecule has 0 fully saturated rings. The molecule has 2 aromatic carbocycles. The first-order valence-corrected chi connectivity index (χ1v) is 5.47. The van der Waals surface area contributed by atoms with E-state index in [1.807, 2.05) is 36.4 Å². The van der Waals surface area contributed by atoms with Crippen LogP contribution in [0.4, 0.5) is 0 Å². The third kappa shape index (κ3) is 1.96. The largest absolute Gasteiger partial charge is 0.478 e. The standard InChI is InChI=1S/C15H11NO2/c1-10-13(11-5-3-2-4-6-11)8-7-12(9-16)14(10)15(17)18/h2-8H,1H3,(H,17,18). The van der Waals surface area contributed by atoms with Crippen molar-refractivity contribution in [1.29, 1.82) is 5.26 Å². The number of hydrogen-bond acceptors (Lipinski definition) is 2. The Morgan fingerprint density at radius 1 is 1.17 bits per heavy atom. The molecule has 0 aliphatic heterocycles. The Morgan fingerprint density at radius 3 is 2.39 bits per heavy atom. The van der Waals surface area contributed by atoms with E-state index in [2.05, 4.69) is 0 Å². The quantitative estimate of drug-likeness (QED) is 0.872. The van der Waals surface area contributed by atoms with E-state index >= 15 is 0 Å². The van der Waals surface area contributed by atoms with E-state index in [0.29, 0.717) is 5.56 Å². The van der Waals surface area contributed by atoms with Crippen LogP contribution in [0.3, 0.4) is 0 Å². The van der Waals surface area contributed by atoms with Crippen molar-refractivity contribution in [2.75, 3.05) is 0 Å². The molecule has 88 valence electrons. The maximum Gasteiger partial charge on any atom is 0.337 e. The smallest absolute Gasteiger partial charge is 0.337 e. The molecule has 1 N–H and O–H groups in total. The zero-order chi connectivity index (χ0) is 13.1. The van der Waals surface area contributed by atoms with Crippen LogP contribution in [-0.2, 0) is 0 Å². The van der Waals surface area contributed by atoms with Crippen LogP contribution in [0.5, 0.6) is 0 Å². The predicted octanol–water partition coefficient (Wildman–Crippen LogP) is 3.23. The van der Waals surface area contributed by atoms with Gasteiger partial charge in [0.15, 0.2) is 0 Å². The Bertz CT molecular complexity index is 640. The van der Waals surface area contributed by atoms with Crippen molar-refractivity contribution < 1.29 is 9.90 Å². The second-order valence-corrected chi connectivity index (χ2v) is 3.94. The number of carboxylic acids is 1. The molecule has 0 atom stereocenters. The highest BCUT2D eigenvalue weighted by Crippen LogP contribution is 2.27. The molecule has 2 aromatic rings. The molecule has 18 heavy (non-hydrogen) atoms. The summed E-state index contributed by atoms with van der Waals surface area (Å²) in [5.74, 6) is -1.07. The van der Waals surface area contributed by atoms with Gasteiger partial charge in [-0.3, -0.25) is 0 Å². The monoisotopic (exact) mass is 237 g/mol. The number of nitriles is 1. The van der Waals surface area contributed by atoms with E-state index in [-0.39, 0.29) is 11.1 Å². The lowest BCUT2D eigenvalue weighted by Gasteiger charge is -2.10. The molecule has 0 aliphatic carbocycles. The van der Waals surface area contributed by atoms with Crippen LogP contribution in [0.25, 0.3) is 11.1 Å². The molecule has 2 rings (SSSR count). The van der Waals surface area contributed by atoms with Gasteiger partial charge in [-0.1, -0.05) is 36.4 Å². The second kappa shape index (κ2) is 4.72. The minimum Gasteiger partial charge on any atom is -0.478 e. The second-order valence-electron chi connectivity index (χ2n) is 3.94. The summed E-state index contributed by atoms with van der Waals surface area (Å²) in [5, 5.41) is 18.1. The van der Waals surface area contributed by atoms with Crippen LogP contribution in [0.1, 0.15) is 21.5 Å². The Balaban J connectivity index is 2.70. The molecule has 0 amide bonds. The van der Waals surface area contributed by atoms with Crippen molar-refractivity contribution in [3.05, 3.63) is 59.2 Å². The highest BCUT2D eigenvalue weighted by Gasteiger charge is 2.16. The summed E-state index contributed by atoms with van der Waals surface area (Å²) in [6.45, 7) is 1.73. The summed E-state index contributed by atoms with van der Waals surface area (Å²) in [7, 11) is 0. The third-order valence-corrected chi connectivity index (χ3v) is 2.88. The van der Waals surface area contributed by atoms with Crippen molar-refractivity contribution in [2.45, 2.75) is 6.92 Å². The maximum atomic E-state index is 11.2. The molecule has 0 aliphatic rings. The maximum absolute atomic E-state index is 11.2. The SMILES string of the molecule is Cc1c(-c2ccccc2)ccc(C#N)c1C(=O)O. The van der Waals surface area contributed by atoms with Gasteiger partial charge in [0.05, 0.1) is 11.1 Å². The summed E-state index contributed by atoms with van der Waals surface area (Å²) >= 11 is 0. The van der Waals surface area contributed by atoms with Gasteiger partial charge in [0, 0.05) is 0 Å². The molecule has 3 heteroatoms. The summed E-state index contributed by atoms with van der Waals surface area (Å²) in [4.78, 5) is 11.2.